The molecule has 2 aromatic heterocycles. The average Bonchev–Trinajstić information content (AvgIpc) is 3.46. The predicted molar refractivity (Wildman–Crippen MR) is 174 cm³/mol. The fourth-order valence-electron chi connectivity index (χ4n) is 5.77. The summed E-state index contributed by atoms with van der Waals surface area (Å²) >= 11 is 13.5. The third kappa shape index (κ3) is 7.03. The summed E-state index contributed by atoms with van der Waals surface area (Å²) in [4.78, 5) is 53.3. The highest BCUT2D eigenvalue weighted by Gasteiger charge is 2.24. The lowest BCUT2D eigenvalue weighted by molar-refractivity contribution is -0.128. The van der Waals surface area contributed by atoms with Crippen molar-refractivity contribution in [2.75, 3.05) is 71.9 Å². The highest BCUT2D eigenvalue weighted by atomic mass is 35.5. The highest BCUT2D eigenvalue weighted by molar-refractivity contribution is 6.41. The van der Waals surface area contributed by atoms with Crippen molar-refractivity contribution in [1.82, 2.24) is 29.2 Å². The first-order valence-electron chi connectivity index (χ1n) is 14.9. The number of amides is 2. The van der Waals surface area contributed by atoms with Gasteiger partial charge in [0.05, 0.1) is 29.8 Å². The Bertz CT molecular complexity index is 1630. The van der Waals surface area contributed by atoms with Gasteiger partial charge in [-0.1, -0.05) is 29.8 Å². The van der Waals surface area contributed by atoms with Crippen molar-refractivity contribution in [3.8, 4) is 22.6 Å². The number of halogens is 2. The molecule has 0 atom stereocenters. The van der Waals surface area contributed by atoms with Gasteiger partial charge >= 0.3 is 0 Å². The number of piperazine rings is 1. The van der Waals surface area contributed by atoms with E-state index in [0.29, 0.717) is 79.6 Å². The lowest BCUT2D eigenvalue weighted by atomic mass is 10.0. The van der Waals surface area contributed by atoms with Crippen LogP contribution >= 0.6 is 23.2 Å². The number of carbonyl (C=O) groups is 2. The van der Waals surface area contributed by atoms with Crippen LogP contribution in [0.3, 0.4) is 0 Å². The van der Waals surface area contributed by atoms with E-state index in [4.69, 9.17) is 37.7 Å². The number of fused-ring (bicyclic) bond motifs is 1. The van der Waals surface area contributed by atoms with Crippen LogP contribution in [0.15, 0.2) is 35.8 Å². The summed E-state index contributed by atoms with van der Waals surface area (Å²) in [6.45, 7) is 9.17. The SMILES string of the molecule is C=CC(=O)N1CCN(CCCn2c(=O)c(-c3c(Cl)c(OC)cc(OC)c3Cl)cc3cnc(NCCN4CCCC4=O)nc32)CC1. The molecule has 0 radical (unpaired) electrons. The molecule has 240 valence electrons. The number of likely N-dealkylation sites (tertiary alicyclic amines) is 1. The Morgan fingerprint density at radius 3 is 2.36 bits per heavy atom. The van der Waals surface area contributed by atoms with Crippen LogP contribution in [0.5, 0.6) is 11.5 Å². The van der Waals surface area contributed by atoms with Gasteiger partial charge in [-0.2, -0.15) is 4.98 Å². The molecule has 1 N–H and O–H groups in total. The Kier molecular flexibility index (Phi) is 10.5. The van der Waals surface area contributed by atoms with Gasteiger partial charge < -0.3 is 24.6 Å². The molecule has 0 aliphatic carbocycles. The van der Waals surface area contributed by atoms with Crippen LogP contribution in [-0.2, 0) is 16.1 Å². The summed E-state index contributed by atoms with van der Waals surface area (Å²) in [7, 11) is 2.96. The zero-order valence-corrected chi connectivity index (χ0v) is 27.0. The van der Waals surface area contributed by atoms with Crippen molar-refractivity contribution in [3.05, 3.63) is 51.4 Å². The maximum Gasteiger partial charge on any atom is 0.260 e. The van der Waals surface area contributed by atoms with Crippen molar-refractivity contribution in [2.45, 2.75) is 25.8 Å². The van der Waals surface area contributed by atoms with Gasteiger partial charge in [0.25, 0.3) is 5.56 Å². The van der Waals surface area contributed by atoms with E-state index in [2.05, 4.69) is 21.8 Å². The van der Waals surface area contributed by atoms with E-state index in [-0.39, 0.29) is 33.0 Å². The summed E-state index contributed by atoms with van der Waals surface area (Å²) in [5.41, 5.74) is 0.705. The normalized spacial score (nSPS) is 15.5. The van der Waals surface area contributed by atoms with Gasteiger partial charge in [-0.05, 0) is 31.5 Å². The Morgan fingerprint density at radius 1 is 1.02 bits per heavy atom. The molecule has 2 fully saturated rings. The molecule has 2 aliphatic rings. The van der Waals surface area contributed by atoms with E-state index in [0.717, 1.165) is 32.6 Å². The van der Waals surface area contributed by atoms with Crippen LogP contribution in [0, 0.1) is 0 Å². The first-order valence-corrected chi connectivity index (χ1v) is 15.7. The average molecular weight is 659 g/mol. The van der Waals surface area contributed by atoms with Crippen LogP contribution < -0.4 is 20.3 Å². The van der Waals surface area contributed by atoms with Crippen LogP contribution in [0.4, 0.5) is 5.95 Å². The van der Waals surface area contributed by atoms with Crippen LogP contribution in [0.2, 0.25) is 10.0 Å². The van der Waals surface area contributed by atoms with Gasteiger partial charge in [0.1, 0.15) is 17.1 Å². The molecule has 1 aromatic carbocycles. The smallest absolute Gasteiger partial charge is 0.260 e. The second-order valence-corrected chi connectivity index (χ2v) is 11.7. The summed E-state index contributed by atoms with van der Waals surface area (Å²) in [5, 5.41) is 4.20. The van der Waals surface area contributed by atoms with Crippen molar-refractivity contribution >= 4 is 52.0 Å². The molecule has 2 amide bonds. The largest absolute Gasteiger partial charge is 0.495 e. The lowest BCUT2D eigenvalue weighted by Crippen LogP contribution is -2.48. The fraction of sp³-hybridized carbons (Fsp3) is 0.452. The monoisotopic (exact) mass is 657 g/mol. The number of aromatic nitrogens is 3. The molecular weight excluding hydrogens is 621 g/mol. The molecule has 0 bridgehead atoms. The number of anilines is 1. The zero-order chi connectivity index (χ0) is 32.1. The number of hydrogen-bond donors (Lipinski definition) is 1. The van der Waals surface area contributed by atoms with Crippen molar-refractivity contribution < 1.29 is 19.1 Å². The van der Waals surface area contributed by atoms with Gasteiger partial charge in [0.15, 0.2) is 0 Å². The third-order valence-corrected chi connectivity index (χ3v) is 8.97. The van der Waals surface area contributed by atoms with Crippen LogP contribution in [-0.4, -0.2) is 108 Å². The second-order valence-electron chi connectivity index (χ2n) is 10.9. The summed E-state index contributed by atoms with van der Waals surface area (Å²) in [6, 6.07) is 3.26. The van der Waals surface area contributed by atoms with E-state index in [9.17, 15) is 14.4 Å². The number of carbonyl (C=O) groups excluding carboxylic acids is 2. The molecule has 12 nitrogen and oxygen atoms in total. The molecular formula is C31H37Cl2N7O5. The first kappa shape index (κ1) is 32.5. The van der Waals surface area contributed by atoms with Gasteiger partial charge in [0.2, 0.25) is 17.8 Å². The summed E-state index contributed by atoms with van der Waals surface area (Å²) in [6.07, 6.45) is 5.10. The molecule has 14 heteroatoms. The van der Waals surface area contributed by atoms with Gasteiger partial charge in [-0.3, -0.25) is 23.9 Å². The molecule has 3 aromatic rings. The number of benzene rings is 1. The van der Waals surface area contributed by atoms with E-state index in [1.54, 1.807) is 27.8 Å². The van der Waals surface area contributed by atoms with E-state index >= 15 is 0 Å². The molecule has 4 heterocycles. The number of nitrogens with zero attached hydrogens (tertiary/aromatic N) is 6. The van der Waals surface area contributed by atoms with Crippen LogP contribution in [0.25, 0.3) is 22.2 Å². The predicted octanol–water partition coefficient (Wildman–Crippen LogP) is 3.54. The third-order valence-electron chi connectivity index (χ3n) is 8.22. The molecule has 0 spiro atoms. The van der Waals surface area contributed by atoms with Crippen molar-refractivity contribution in [3.63, 3.8) is 0 Å². The number of aryl methyl sites for hydroxylation is 1. The van der Waals surface area contributed by atoms with Gasteiger partial charge in [0, 0.05) is 82.0 Å². The molecule has 0 saturated carbocycles. The molecule has 2 aliphatic heterocycles. The number of pyridine rings is 1. The van der Waals surface area contributed by atoms with Crippen molar-refractivity contribution in [1.29, 1.82) is 0 Å². The number of rotatable bonds is 12. The Morgan fingerprint density at radius 2 is 1.73 bits per heavy atom. The minimum atomic E-state index is -0.324. The van der Waals surface area contributed by atoms with E-state index in [1.165, 1.54) is 20.3 Å². The van der Waals surface area contributed by atoms with Crippen LogP contribution in [0.1, 0.15) is 19.3 Å². The minimum absolute atomic E-state index is 0.0629. The number of nitrogens with one attached hydrogen (secondary N) is 1. The molecule has 2 saturated heterocycles. The minimum Gasteiger partial charge on any atom is -0.495 e. The number of methoxy groups -OCH3 is 2. The molecule has 5 rings (SSSR count). The van der Waals surface area contributed by atoms with E-state index < -0.39 is 0 Å². The Labute approximate surface area is 271 Å². The highest BCUT2D eigenvalue weighted by Crippen LogP contribution is 2.45. The van der Waals surface area contributed by atoms with Gasteiger partial charge in [-0.15, -0.1) is 0 Å². The maximum absolute atomic E-state index is 14.2. The number of ether oxygens (including phenoxy) is 2. The van der Waals surface area contributed by atoms with Gasteiger partial charge in [-0.25, -0.2) is 4.98 Å². The summed E-state index contributed by atoms with van der Waals surface area (Å²) < 4.78 is 12.5. The fourth-order valence-corrected chi connectivity index (χ4v) is 6.47. The standard InChI is InChI=1S/C31H37Cl2N7O5/c1-4-24(41)39-15-13-37(14-16-39)9-6-11-40-29-20(19-35-31(36-29)34-8-12-38-10-5-7-25(38)42)17-21(30(40)43)26-27(32)22(44-2)18-23(45-3)28(26)33/h4,17-19H,1,5-16H2,2-3H3,(H,34,35,36). The molecule has 0 unspecified atom stereocenters. The lowest BCUT2D eigenvalue weighted by Gasteiger charge is -2.34. The quantitative estimate of drug-likeness (QED) is 0.292. The van der Waals surface area contributed by atoms with Crippen molar-refractivity contribution in [2.24, 2.45) is 0 Å². The zero-order valence-electron chi connectivity index (χ0n) is 25.5. The molecule has 45 heavy (non-hydrogen) atoms. The van der Waals surface area contributed by atoms with E-state index in [1.807, 2.05) is 4.90 Å². The summed E-state index contributed by atoms with van der Waals surface area (Å²) in [5.74, 6) is 1.09. The maximum atomic E-state index is 14.2. The number of hydrogen-bond acceptors (Lipinski definition) is 9. The first-order chi connectivity index (χ1) is 21.7. The topological polar surface area (TPSA) is 122 Å². The Balaban J connectivity index is 1.46. The Hall–Kier alpha value is -3.87. The second kappa shape index (κ2) is 14.5.